The fourth-order valence-electron chi connectivity index (χ4n) is 3.33. The maximum atomic E-state index is 13.0. The summed E-state index contributed by atoms with van der Waals surface area (Å²) in [6.07, 6.45) is 3.93. The van der Waals surface area contributed by atoms with E-state index >= 15 is 0 Å². The summed E-state index contributed by atoms with van der Waals surface area (Å²) in [7, 11) is 0. The molecule has 0 saturated heterocycles. The Morgan fingerprint density at radius 3 is 2.63 bits per heavy atom. The first kappa shape index (κ1) is 19.2. The van der Waals surface area contributed by atoms with Crippen LogP contribution in [0, 0.1) is 5.82 Å². The van der Waals surface area contributed by atoms with Gasteiger partial charge >= 0.3 is 0 Å². The fraction of sp³-hybridized carbons (Fsp3) is 0.286. The molecule has 1 aliphatic carbocycles. The van der Waals surface area contributed by atoms with E-state index in [4.69, 9.17) is 4.74 Å². The van der Waals surface area contributed by atoms with Crippen LogP contribution in [-0.2, 0) is 17.6 Å². The number of aryl methyl sites for hydroxylation is 1. The lowest BCUT2D eigenvalue weighted by Crippen LogP contribution is -2.27. The van der Waals surface area contributed by atoms with Crippen LogP contribution in [0.4, 0.5) is 10.2 Å². The van der Waals surface area contributed by atoms with Gasteiger partial charge in [-0.25, -0.2) is 19.3 Å². The molecule has 1 aromatic carbocycles. The number of fused-ring (bicyclic) bond motifs is 1. The van der Waals surface area contributed by atoms with E-state index in [-0.39, 0.29) is 18.0 Å². The molecule has 30 heavy (non-hydrogen) atoms. The van der Waals surface area contributed by atoms with E-state index in [1.54, 1.807) is 18.3 Å². The Morgan fingerprint density at radius 1 is 1.17 bits per heavy atom. The average molecular weight is 426 g/mol. The number of rotatable bonds is 6. The normalized spacial score (nSPS) is 18.7. The minimum absolute atomic E-state index is 0.00468. The van der Waals surface area contributed by atoms with Gasteiger partial charge in [-0.3, -0.25) is 0 Å². The second kappa shape index (κ2) is 7.50. The Labute approximate surface area is 175 Å². The molecule has 0 spiro atoms. The molecule has 154 valence electrons. The van der Waals surface area contributed by atoms with E-state index in [9.17, 15) is 14.0 Å². The van der Waals surface area contributed by atoms with Crippen LogP contribution < -0.4 is 10.1 Å². The lowest BCUT2D eigenvalue weighted by molar-refractivity contribution is 0.265. The monoisotopic (exact) mass is 426 g/mol. The largest absolute Gasteiger partial charge is 0.611 e. The van der Waals surface area contributed by atoms with Gasteiger partial charge in [0.2, 0.25) is 10.8 Å². The van der Waals surface area contributed by atoms with Gasteiger partial charge in [0.1, 0.15) is 23.0 Å². The number of halogens is 1. The molecule has 0 amide bonds. The molecule has 0 unspecified atom stereocenters. The summed E-state index contributed by atoms with van der Waals surface area (Å²) in [5.74, 6) is 2.05. The number of pyridine rings is 1. The minimum Gasteiger partial charge on any atom is -0.611 e. The summed E-state index contributed by atoms with van der Waals surface area (Å²) in [4.78, 5) is 14.2. The summed E-state index contributed by atoms with van der Waals surface area (Å²) < 4.78 is 31.1. The van der Waals surface area contributed by atoms with Gasteiger partial charge in [0.15, 0.2) is 11.6 Å². The highest BCUT2D eigenvalue weighted by Crippen LogP contribution is 2.41. The molecule has 1 aliphatic heterocycles. The molecule has 3 aromatic rings. The SMILES string of the molecule is [O-][S@+]1CCc2nc(-c3ccc(Oc4ccc(F)cc4)nc3)nc(NC3(CO)CC3)c21. The van der Waals surface area contributed by atoms with Crippen LogP contribution in [0.1, 0.15) is 18.5 Å². The molecule has 2 aliphatic rings. The quantitative estimate of drug-likeness (QED) is 0.584. The second-order valence-electron chi connectivity index (χ2n) is 7.48. The molecule has 1 saturated carbocycles. The number of ether oxygens (including phenoxy) is 1. The topological polar surface area (TPSA) is 103 Å². The lowest BCUT2D eigenvalue weighted by Gasteiger charge is -2.18. The maximum Gasteiger partial charge on any atom is 0.219 e. The van der Waals surface area contributed by atoms with Gasteiger partial charge < -0.3 is 19.7 Å². The van der Waals surface area contributed by atoms with Gasteiger partial charge in [0.05, 0.1) is 12.1 Å². The zero-order chi connectivity index (χ0) is 20.7. The Balaban J connectivity index is 1.43. The van der Waals surface area contributed by atoms with Crippen LogP contribution in [0.2, 0.25) is 0 Å². The van der Waals surface area contributed by atoms with Crippen LogP contribution in [0.3, 0.4) is 0 Å². The molecule has 2 aromatic heterocycles. The number of aliphatic hydroxyl groups is 1. The van der Waals surface area contributed by atoms with Crippen molar-refractivity contribution in [1.29, 1.82) is 0 Å². The number of aromatic nitrogens is 3. The van der Waals surface area contributed by atoms with Gasteiger partial charge in [-0.15, -0.1) is 0 Å². The number of hydrogen-bond acceptors (Lipinski definition) is 7. The third-order valence-corrected chi connectivity index (χ3v) is 6.72. The van der Waals surface area contributed by atoms with Gasteiger partial charge in [-0.1, -0.05) is 0 Å². The molecular weight excluding hydrogens is 407 g/mol. The standard InChI is InChI=1S/C21H19FN4O3S/c22-14-2-4-15(5-3-14)29-17-6-1-13(11-23-17)19-24-16-7-10-30(28)18(16)20(25-19)26-21(12-27)8-9-21/h1-6,11,27H,7-10,12H2,(H,24,25,26)/t30-/m1/s1. The van der Waals surface area contributed by atoms with Crippen LogP contribution in [0.15, 0.2) is 47.5 Å². The number of benzene rings is 1. The summed E-state index contributed by atoms with van der Waals surface area (Å²) in [5.41, 5.74) is 1.08. The maximum absolute atomic E-state index is 13.0. The van der Waals surface area contributed by atoms with Gasteiger partial charge in [-0.05, 0) is 54.3 Å². The van der Waals surface area contributed by atoms with Crippen molar-refractivity contribution in [1.82, 2.24) is 15.0 Å². The molecule has 3 heterocycles. The van der Waals surface area contributed by atoms with Crippen molar-refractivity contribution in [2.75, 3.05) is 17.7 Å². The van der Waals surface area contributed by atoms with E-state index in [1.807, 2.05) is 0 Å². The van der Waals surface area contributed by atoms with Crippen molar-refractivity contribution in [3.8, 4) is 23.0 Å². The van der Waals surface area contributed by atoms with Crippen LogP contribution >= 0.6 is 0 Å². The van der Waals surface area contributed by atoms with E-state index in [0.29, 0.717) is 45.9 Å². The summed E-state index contributed by atoms with van der Waals surface area (Å²) in [6.45, 7) is 0.00468. The van der Waals surface area contributed by atoms with Crippen LogP contribution in [0.5, 0.6) is 11.6 Å². The predicted molar refractivity (Wildman–Crippen MR) is 109 cm³/mol. The molecule has 5 rings (SSSR count). The smallest absolute Gasteiger partial charge is 0.219 e. The highest BCUT2D eigenvalue weighted by atomic mass is 32.2. The first-order valence-corrected chi connectivity index (χ1v) is 11.0. The molecule has 1 fully saturated rings. The number of aliphatic hydroxyl groups excluding tert-OH is 1. The summed E-state index contributed by atoms with van der Waals surface area (Å²) >= 11 is -1.14. The van der Waals surface area contributed by atoms with Crippen LogP contribution in [-0.4, -0.2) is 42.5 Å². The average Bonchev–Trinajstić information content (AvgIpc) is 3.44. The van der Waals surface area contributed by atoms with E-state index in [1.165, 1.54) is 24.3 Å². The molecule has 0 bridgehead atoms. The summed E-state index contributed by atoms with van der Waals surface area (Å²) in [5, 5.41) is 13.0. The molecule has 7 nitrogen and oxygen atoms in total. The Kier molecular flexibility index (Phi) is 4.80. The predicted octanol–water partition coefficient (Wildman–Crippen LogP) is 3.07. The molecule has 0 radical (unpaired) electrons. The van der Waals surface area contributed by atoms with Gasteiger partial charge in [0, 0.05) is 24.2 Å². The number of nitrogens with one attached hydrogen (secondary N) is 1. The van der Waals surface area contributed by atoms with E-state index in [2.05, 4.69) is 20.3 Å². The molecule has 9 heteroatoms. The van der Waals surface area contributed by atoms with Crippen molar-refractivity contribution in [3.63, 3.8) is 0 Å². The van der Waals surface area contributed by atoms with E-state index in [0.717, 1.165) is 18.5 Å². The Bertz CT molecular complexity index is 1070. The third kappa shape index (κ3) is 3.71. The number of hydrogen-bond donors (Lipinski definition) is 2. The molecule has 1 atom stereocenters. The van der Waals surface area contributed by atoms with Gasteiger partial charge in [-0.2, -0.15) is 0 Å². The number of anilines is 1. The summed E-state index contributed by atoms with van der Waals surface area (Å²) in [6, 6.07) is 9.18. The van der Waals surface area contributed by atoms with Crippen LogP contribution in [0.25, 0.3) is 11.4 Å². The zero-order valence-corrected chi connectivity index (χ0v) is 16.8. The first-order chi connectivity index (χ1) is 14.5. The van der Waals surface area contributed by atoms with Gasteiger partial charge in [0.25, 0.3) is 0 Å². The van der Waals surface area contributed by atoms with Crippen molar-refractivity contribution >= 4 is 17.0 Å². The fourth-order valence-corrected chi connectivity index (χ4v) is 4.64. The highest BCUT2D eigenvalue weighted by molar-refractivity contribution is 7.91. The number of nitrogens with zero attached hydrogens (tertiary/aromatic N) is 3. The zero-order valence-electron chi connectivity index (χ0n) is 16.0. The molecular formula is C21H19FN4O3S. The van der Waals surface area contributed by atoms with Crippen molar-refractivity contribution < 1.29 is 18.8 Å². The second-order valence-corrected chi connectivity index (χ2v) is 8.98. The van der Waals surface area contributed by atoms with Crippen molar-refractivity contribution in [3.05, 3.63) is 54.1 Å². The third-order valence-electron chi connectivity index (χ3n) is 5.26. The van der Waals surface area contributed by atoms with Crippen molar-refractivity contribution in [2.45, 2.75) is 29.7 Å². The lowest BCUT2D eigenvalue weighted by atomic mass is 10.2. The first-order valence-electron chi connectivity index (χ1n) is 9.63. The Morgan fingerprint density at radius 2 is 1.97 bits per heavy atom. The minimum atomic E-state index is -1.14. The van der Waals surface area contributed by atoms with E-state index < -0.39 is 11.2 Å². The van der Waals surface area contributed by atoms with Crippen molar-refractivity contribution in [2.24, 2.45) is 0 Å². The Hall–Kier alpha value is -2.75. The molecule has 2 N–H and O–H groups in total. The highest BCUT2D eigenvalue weighted by Gasteiger charge is 2.44.